The maximum Gasteiger partial charge on any atom is 0.167 e. The largest absolute Gasteiger partial charge is 0.387 e. The van der Waals surface area contributed by atoms with Crippen molar-refractivity contribution in [3.63, 3.8) is 0 Å². The number of imidazole rings is 1. The van der Waals surface area contributed by atoms with Crippen molar-refractivity contribution < 1.29 is 14.9 Å². The minimum Gasteiger partial charge on any atom is -0.387 e. The van der Waals surface area contributed by atoms with E-state index in [9.17, 15) is 10.2 Å². The predicted octanol–water partition coefficient (Wildman–Crippen LogP) is -0.877. The zero-order valence-corrected chi connectivity index (χ0v) is 13.8. The van der Waals surface area contributed by atoms with Crippen molar-refractivity contribution >= 4 is 28.7 Å². The molecule has 10 heteroatoms. The van der Waals surface area contributed by atoms with Gasteiger partial charge in [0.1, 0.15) is 24.1 Å². The second-order valence-corrected chi connectivity index (χ2v) is 7.41. The van der Waals surface area contributed by atoms with E-state index in [-0.39, 0.29) is 5.82 Å². The average Bonchev–Trinajstić information content (AvgIpc) is 3.28. The van der Waals surface area contributed by atoms with E-state index >= 15 is 0 Å². The van der Waals surface area contributed by atoms with Gasteiger partial charge in [-0.25, -0.2) is 15.0 Å². The summed E-state index contributed by atoms with van der Waals surface area (Å²) >= 11 is 1.76. The van der Waals surface area contributed by atoms with Crippen molar-refractivity contribution in [3.05, 3.63) is 12.7 Å². The Morgan fingerprint density at radius 3 is 3.00 bits per heavy atom. The van der Waals surface area contributed by atoms with E-state index in [0.29, 0.717) is 22.2 Å². The molecule has 2 fully saturated rings. The Kier molecular flexibility index (Phi) is 4.31. The Bertz CT molecular complexity index is 722. The highest BCUT2D eigenvalue weighted by atomic mass is 32.2. The van der Waals surface area contributed by atoms with E-state index in [0.717, 1.165) is 19.5 Å². The number of thioether (sulfide) groups is 1. The lowest BCUT2D eigenvalue weighted by Crippen LogP contribution is -2.33. The van der Waals surface area contributed by atoms with Gasteiger partial charge in [-0.15, -0.1) is 0 Å². The molecule has 24 heavy (non-hydrogen) atoms. The standard InChI is InChI=1S/C14H20N6O3S/c15-12-9-13(18-5-17-12)20(6-19-9)14-11(22)10(21)8(23-14)4-24-7-1-2-16-3-7/h5-8,10-11,14,16,21-22H,1-4H2,(H2,15,17,18)/t7-,8-,10-,11-,14-/m1/s1. The maximum atomic E-state index is 10.4. The summed E-state index contributed by atoms with van der Waals surface area (Å²) in [6.07, 6.45) is 0.779. The van der Waals surface area contributed by atoms with Crippen LogP contribution in [0.1, 0.15) is 12.6 Å². The van der Waals surface area contributed by atoms with Crippen LogP contribution in [-0.2, 0) is 4.74 Å². The number of fused-ring (bicyclic) bond motifs is 1. The first-order valence-electron chi connectivity index (χ1n) is 7.92. The fraction of sp³-hybridized carbons (Fsp3) is 0.643. The molecule has 2 saturated heterocycles. The number of hydrogen-bond acceptors (Lipinski definition) is 9. The fourth-order valence-corrected chi connectivity index (χ4v) is 4.41. The SMILES string of the molecule is Nc1ncnc2c1ncn2[C@@H]1O[C@H](CS[C@@H]2CCNC2)[C@@H](O)[C@H]1O. The number of ether oxygens (including phenoxy) is 1. The highest BCUT2D eigenvalue weighted by Crippen LogP contribution is 2.34. The van der Waals surface area contributed by atoms with Gasteiger partial charge in [0.05, 0.1) is 12.4 Å². The molecule has 2 aliphatic rings. The van der Waals surface area contributed by atoms with Crippen LogP contribution in [0.4, 0.5) is 5.82 Å². The van der Waals surface area contributed by atoms with Gasteiger partial charge in [0.2, 0.25) is 0 Å². The number of aliphatic hydroxyl groups is 2. The van der Waals surface area contributed by atoms with Crippen LogP contribution in [-0.4, -0.2) is 72.1 Å². The van der Waals surface area contributed by atoms with Crippen LogP contribution in [0.15, 0.2) is 12.7 Å². The molecule has 0 aromatic carbocycles. The number of anilines is 1. The summed E-state index contributed by atoms with van der Waals surface area (Å²) in [6, 6.07) is 0. The Morgan fingerprint density at radius 1 is 1.33 bits per heavy atom. The normalized spacial score (nSPS) is 33.5. The Hall–Kier alpha value is -1.46. The number of hydrogen-bond donors (Lipinski definition) is 4. The molecule has 0 saturated carbocycles. The van der Waals surface area contributed by atoms with Crippen molar-refractivity contribution in [2.24, 2.45) is 0 Å². The summed E-state index contributed by atoms with van der Waals surface area (Å²) in [5.74, 6) is 0.901. The fourth-order valence-electron chi connectivity index (χ4n) is 3.15. The molecule has 4 rings (SSSR count). The van der Waals surface area contributed by atoms with Gasteiger partial charge in [-0.2, -0.15) is 11.8 Å². The zero-order valence-electron chi connectivity index (χ0n) is 12.9. The van der Waals surface area contributed by atoms with Crippen molar-refractivity contribution in [2.45, 2.75) is 36.2 Å². The number of aromatic nitrogens is 4. The Labute approximate surface area is 142 Å². The lowest BCUT2D eigenvalue weighted by atomic mass is 10.1. The maximum absolute atomic E-state index is 10.4. The first-order valence-corrected chi connectivity index (χ1v) is 8.97. The number of nitrogens with two attached hydrogens (primary N) is 1. The second-order valence-electron chi connectivity index (χ2n) is 6.08. The first kappa shape index (κ1) is 16.0. The first-order chi connectivity index (χ1) is 11.6. The third kappa shape index (κ3) is 2.74. The van der Waals surface area contributed by atoms with Crippen LogP contribution in [0.25, 0.3) is 11.2 Å². The molecule has 2 aromatic heterocycles. The molecule has 5 N–H and O–H groups in total. The molecule has 0 radical (unpaired) electrons. The molecule has 0 bridgehead atoms. The number of nitrogens with zero attached hydrogens (tertiary/aromatic N) is 4. The Morgan fingerprint density at radius 2 is 2.21 bits per heavy atom. The summed E-state index contributed by atoms with van der Waals surface area (Å²) in [6.45, 7) is 2.00. The number of rotatable bonds is 4. The van der Waals surface area contributed by atoms with Gasteiger partial charge in [0, 0.05) is 17.5 Å². The minimum absolute atomic E-state index is 0.271. The highest BCUT2D eigenvalue weighted by molar-refractivity contribution is 8.00. The number of nitrogens with one attached hydrogen (secondary N) is 1. The molecule has 2 aromatic rings. The third-order valence-electron chi connectivity index (χ3n) is 4.51. The second kappa shape index (κ2) is 6.45. The summed E-state index contributed by atoms with van der Waals surface area (Å²) in [5, 5.41) is 24.6. The summed E-state index contributed by atoms with van der Waals surface area (Å²) in [5.41, 5.74) is 6.72. The topological polar surface area (TPSA) is 131 Å². The molecular formula is C14H20N6O3S. The monoisotopic (exact) mass is 352 g/mol. The average molecular weight is 352 g/mol. The molecular weight excluding hydrogens is 332 g/mol. The van der Waals surface area contributed by atoms with Crippen molar-refractivity contribution in [2.75, 3.05) is 24.6 Å². The van der Waals surface area contributed by atoms with E-state index in [1.54, 1.807) is 16.3 Å². The summed E-state index contributed by atoms with van der Waals surface area (Å²) in [4.78, 5) is 12.2. The molecule has 0 spiro atoms. The van der Waals surface area contributed by atoms with Crippen molar-refractivity contribution in [3.8, 4) is 0 Å². The molecule has 2 aliphatic heterocycles. The molecule has 130 valence electrons. The van der Waals surface area contributed by atoms with Crippen LogP contribution in [0.5, 0.6) is 0 Å². The molecule has 4 heterocycles. The van der Waals surface area contributed by atoms with Crippen LogP contribution in [0, 0.1) is 0 Å². The van der Waals surface area contributed by atoms with Crippen LogP contribution < -0.4 is 11.1 Å². The van der Waals surface area contributed by atoms with Gasteiger partial charge in [0.25, 0.3) is 0 Å². The Balaban J connectivity index is 1.51. The smallest absolute Gasteiger partial charge is 0.167 e. The number of nitrogen functional groups attached to an aromatic ring is 1. The van der Waals surface area contributed by atoms with Crippen LogP contribution in [0.2, 0.25) is 0 Å². The van der Waals surface area contributed by atoms with Gasteiger partial charge in [-0.1, -0.05) is 0 Å². The van der Waals surface area contributed by atoms with Crippen molar-refractivity contribution in [1.82, 2.24) is 24.8 Å². The predicted molar refractivity (Wildman–Crippen MR) is 89.4 cm³/mol. The van der Waals surface area contributed by atoms with Crippen molar-refractivity contribution in [1.29, 1.82) is 0 Å². The summed E-state index contributed by atoms with van der Waals surface area (Å²) in [7, 11) is 0. The third-order valence-corrected chi connectivity index (χ3v) is 5.90. The zero-order chi connectivity index (χ0) is 16.7. The molecule has 9 nitrogen and oxygen atoms in total. The van der Waals surface area contributed by atoms with E-state index in [2.05, 4.69) is 20.3 Å². The van der Waals surface area contributed by atoms with E-state index < -0.39 is 24.5 Å². The lowest BCUT2D eigenvalue weighted by molar-refractivity contribution is -0.0289. The molecule has 0 unspecified atom stereocenters. The van der Waals surface area contributed by atoms with Gasteiger partial charge in [-0.05, 0) is 13.0 Å². The van der Waals surface area contributed by atoms with E-state index in [1.807, 2.05) is 0 Å². The van der Waals surface area contributed by atoms with Gasteiger partial charge < -0.3 is 26.0 Å². The number of aliphatic hydroxyl groups excluding tert-OH is 2. The molecule has 5 atom stereocenters. The van der Waals surface area contributed by atoms with E-state index in [1.165, 1.54) is 12.7 Å². The summed E-state index contributed by atoms with van der Waals surface area (Å²) < 4.78 is 7.52. The van der Waals surface area contributed by atoms with E-state index in [4.69, 9.17) is 10.5 Å². The van der Waals surface area contributed by atoms with Crippen LogP contribution >= 0.6 is 11.8 Å². The minimum atomic E-state index is -1.05. The van der Waals surface area contributed by atoms with Gasteiger partial charge in [0.15, 0.2) is 17.7 Å². The van der Waals surface area contributed by atoms with Crippen LogP contribution in [0.3, 0.4) is 0 Å². The van der Waals surface area contributed by atoms with Gasteiger partial charge in [-0.3, -0.25) is 4.57 Å². The molecule has 0 aliphatic carbocycles. The molecule has 0 amide bonds. The van der Waals surface area contributed by atoms with Gasteiger partial charge >= 0.3 is 0 Å². The quantitative estimate of drug-likeness (QED) is 0.554. The highest BCUT2D eigenvalue weighted by Gasteiger charge is 2.44. The lowest BCUT2D eigenvalue weighted by Gasteiger charge is -2.17.